The Kier molecular flexibility index (Phi) is 11.3. The summed E-state index contributed by atoms with van der Waals surface area (Å²) in [5.74, 6) is 2.39. The molecule has 0 aliphatic heterocycles. The van der Waals surface area contributed by atoms with E-state index in [1.165, 1.54) is 0 Å². The highest BCUT2D eigenvalue weighted by Gasteiger charge is 2.06. The van der Waals surface area contributed by atoms with E-state index in [9.17, 15) is 4.79 Å². The standard InChI is InChI=1S/C20H31N7O.HI/c1-5-6-11-22-20(24-14-18-26-25-15(2)27(18)4)23-12-10-16-8-7-9-17(13-16)19(28)21-3;/h7-9,13H,5-6,10-12,14H2,1-4H3,(H,21,28)(H2,22,23,24);1H. The van der Waals surface area contributed by atoms with Gasteiger partial charge in [0.2, 0.25) is 0 Å². The average molecular weight is 513 g/mol. The molecule has 0 atom stereocenters. The number of amides is 1. The molecular weight excluding hydrogens is 481 g/mol. The molecule has 0 radical (unpaired) electrons. The molecule has 160 valence electrons. The first kappa shape index (κ1) is 24.9. The largest absolute Gasteiger partial charge is 0.356 e. The van der Waals surface area contributed by atoms with Crippen LogP contribution in [0.1, 0.15) is 47.3 Å². The highest BCUT2D eigenvalue weighted by molar-refractivity contribution is 14.0. The molecule has 9 heteroatoms. The summed E-state index contributed by atoms with van der Waals surface area (Å²) in [7, 11) is 3.58. The zero-order chi connectivity index (χ0) is 20.4. The molecule has 2 rings (SSSR count). The van der Waals surface area contributed by atoms with Crippen LogP contribution >= 0.6 is 24.0 Å². The number of aromatic nitrogens is 3. The zero-order valence-corrected chi connectivity index (χ0v) is 20.0. The molecule has 1 aromatic heterocycles. The van der Waals surface area contributed by atoms with E-state index in [0.717, 1.165) is 49.0 Å². The third-order valence-corrected chi connectivity index (χ3v) is 4.51. The number of halogens is 1. The molecule has 1 heterocycles. The molecule has 0 unspecified atom stereocenters. The Morgan fingerprint density at radius 1 is 1.21 bits per heavy atom. The molecule has 0 bridgehead atoms. The first-order valence-corrected chi connectivity index (χ1v) is 9.73. The van der Waals surface area contributed by atoms with Gasteiger partial charge in [-0.05, 0) is 37.5 Å². The van der Waals surface area contributed by atoms with E-state index >= 15 is 0 Å². The lowest BCUT2D eigenvalue weighted by Crippen LogP contribution is -2.39. The monoisotopic (exact) mass is 513 g/mol. The first-order valence-electron chi connectivity index (χ1n) is 9.73. The molecule has 3 N–H and O–H groups in total. The number of benzene rings is 1. The number of nitrogens with zero attached hydrogens (tertiary/aromatic N) is 4. The molecule has 0 saturated heterocycles. The lowest BCUT2D eigenvalue weighted by Gasteiger charge is -2.13. The Bertz CT molecular complexity index is 804. The van der Waals surface area contributed by atoms with Crippen molar-refractivity contribution in [1.82, 2.24) is 30.7 Å². The Hall–Kier alpha value is -2.17. The van der Waals surface area contributed by atoms with Gasteiger partial charge < -0.3 is 20.5 Å². The second-order valence-electron chi connectivity index (χ2n) is 6.62. The minimum Gasteiger partial charge on any atom is -0.356 e. The van der Waals surface area contributed by atoms with E-state index in [0.29, 0.717) is 18.7 Å². The lowest BCUT2D eigenvalue weighted by atomic mass is 10.1. The quantitative estimate of drug-likeness (QED) is 0.207. The van der Waals surface area contributed by atoms with Crippen molar-refractivity contribution in [3.05, 3.63) is 47.0 Å². The van der Waals surface area contributed by atoms with Gasteiger partial charge in [0, 0.05) is 32.7 Å². The Balaban J connectivity index is 0.00000420. The summed E-state index contributed by atoms with van der Waals surface area (Å²) in [6.45, 7) is 6.13. The number of guanidine groups is 1. The van der Waals surface area contributed by atoms with Crippen LogP contribution in [0.5, 0.6) is 0 Å². The van der Waals surface area contributed by atoms with Gasteiger partial charge in [-0.15, -0.1) is 34.2 Å². The number of hydrogen-bond acceptors (Lipinski definition) is 4. The number of hydrogen-bond donors (Lipinski definition) is 3. The predicted octanol–water partition coefficient (Wildman–Crippen LogP) is 2.18. The van der Waals surface area contributed by atoms with Crippen LogP contribution in [0.3, 0.4) is 0 Å². The molecule has 0 spiro atoms. The summed E-state index contributed by atoms with van der Waals surface area (Å²) in [4.78, 5) is 16.4. The topological polar surface area (TPSA) is 96.2 Å². The van der Waals surface area contributed by atoms with Crippen molar-refractivity contribution >= 4 is 35.8 Å². The van der Waals surface area contributed by atoms with Crippen molar-refractivity contribution in [1.29, 1.82) is 0 Å². The van der Waals surface area contributed by atoms with E-state index < -0.39 is 0 Å². The van der Waals surface area contributed by atoms with Crippen LogP contribution in [0.2, 0.25) is 0 Å². The van der Waals surface area contributed by atoms with Crippen LogP contribution < -0.4 is 16.0 Å². The smallest absolute Gasteiger partial charge is 0.251 e. The molecule has 1 amide bonds. The van der Waals surface area contributed by atoms with Crippen LogP contribution in [0.4, 0.5) is 0 Å². The van der Waals surface area contributed by atoms with Gasteiger partial charge in [0.05, 0.1) is 0 Å². The summed E-state index contributed by atoms with van der Waals surface area (Å²) in [5.41, 5.74) is 1.78. The maximum atomic E-state index is 11.8. The summed E-state index contributed by atoms with van der Waals surface area (Å²) in [6.07, 6.45) is 3.00. The SMILES string of the molecule is CCCCNC(=NCc1nnc(C)n1C)NCCc1cccc(C(=O)NC)c1.I. The van der Waals surface area contributed by atoms with Crippen LogP contribution in [-0.4, -0.2) is 46.8 Å². The van der Waals surface area contributed by atoms with Crippen molar-refractivity contribution in [2.75, 3.05) is 20.1 Å². The summed E-state index contributed by atoms with van der Waals surface area (Å²) < 4.78 is 1.94. The van der Waals surface area contributed by atoms with Gasteiger partial charge in [0.15, 0.2) is 11.8 Å². The molecule has 8 nitrogen and oxygen atoms in total. The maximum absolute atomic E-state index is 11.8. The number of aliphatic imine (C=N–C) groups is 1. The van der Waals surface area contributed by atoms with Gasteiger partial charge in [-0.25, -0.2) is 4.99 Å². The number of unbranched alkanes of at least 4 members (excludes halogenated alkanes) is 1. The van der Waals surface area contributed by atoms with Gasteiger partial charge >= 0.3 is 0 Å². The molecule has 0 saturated carbocycles. The van der Waals surface area contributed by atoms with Crippen molar-refractivity contribution in [3.8, 4) is 0 Å². The summed E-state index contributed by atoms with van der Waals surface area (Å²) in [5, 5.41) is 17.6. The number of aryl methyl sites for hydroxylation is 1. The number of carbonyl (C=O) groups excluding carboxylic acids is 1. The number of rotatable bonds is 9. The summed E-state index contributed by atoms with van der Waals surface area (Å²) >= 11 is 0. The van der Waals surface area contributed by atoms with Crippen molar-refractivity contribution in [2.45, 2.75) is 39.7 Å². The zero-order valence-electron chi connectivity index (χ0n) is 17.7. The number of carbonyl (C=O) groups is 1. The lowest BCUT2D eigenvalue weighted by molar-refractivity contribution is 0.0963. The normalized spacial score (nSPS) is 11.0. The molecule has 1 aromatic carbocycles. The predicted molar refractivity (Wildman–Crippen MR) is 127 cm³/mol. The van der Waals surface area contributed by atoms with E-state index in [-0.39, 0.29) is 29.9 Å². The molecular formula is C20H32IN7O. The van der Waals surface area contributed by atoms with Crippen LogP contribution in [0.25, 0.3) is 0 Å². The van der Waals surface area contributed by atoms with E-state index in [1.54, 1.807) is 7.05 Å². The second-order valence-corrected chi connectivity index (χ2v) is 6.62. The minimum atomic E-state index is -0.0720. The van der Waals surface area contributed by atoms with Crippen LogP contribution in [-0.2, 0) is 20.0 Å². The van der Waals surface area contributed by atoms with Gasteiger partial charge in [-0.1, -0.05) is 25.5 Å². The third kappa shape index (κ3) is 8.00. The third-order valence-electron chi connectivity index (χ3n) is 4.51. The van der Waals surface area contributed by atoms with Crippen LogP contribution in [0.15, 0.2) is 29.3 Å². The minimum absolute atomic E-state index is 0. The Morgan fingerprint density at radius 3 is 2.62 bits per heavy atom. The second kappa shape index (κ2) is 13.1. The molecule has 2 aromatic rings. The van der Waals surface area contributed by atoms with Gasteiger partial charge in [0.25, 0.3) is 5.91 Å². The Labute approximate surface area is 190 Å². The average Bonchev–Trinajstić information content (AvgIpc) is 3.03. The van der Waals surface area contributed by atoms with E-state index in [2.05, 4.69) is 38.1 Å². The van der Waals surface area contributed by atoms with Gasteiger partial charge in [-0.2, -0.15) is 0 Å². The molecule has 29 heavy (non-hydrogen) atoms. The fourth-order valence-electron chi connectivity index (χ4n) is 2.63. The van der Waals surface area contributed by atoms with Crippen LogP contribution in [0, 0.1) is 6.92 Å². The fourth-order valence-corrected chi connectivity index (χ4v) is 2.63. The highest BCUT2D eigenvalue weighted by atomic mass is 127. The van der Waals surface area contributed by atoms with E-state index in [4.69, 9.17) is 0 Å². The maximum Gasteiger partial charge on any atom is 0.251 e. The van der Waals surface area contributed by atoms with Crippen molar-refractivity contribution < 1.29 is 4.79 Å². The summed E-state index contributed by atoms with van der Waals surface area (Å²) in [6, 6.07) is 7.67. The molecule has 0 fully saturated rings. The van der Waals surface area contributed by atoms with E-state index in [1.807, 2.05) is 42.8 Å². The van der Waals surface area contributed by atoms with Crippen molar-refractivity contribution in [3.63, 3.8) is 0 Å². The van der Waals surface area contributed by atoms with Gasteiger partial charge in [0.1, 0.15) is 12.4 Å². The first-order chi connectivity index (χ1) is 13.5. The Morgan fingerprint density at radius 2 is 1.97 bits per heavy atom. The molecule has 0 aliphatic carbocycles. The fraction of sp³-hybridized carbons (Fsp3) is 0.500. The van der Waals surface area contributed by atoms with Gasteiger partial charge in [-0.3, -0.25) is 4.79 Å². The van der Waals surface area contributed by atoms with Crippen molar-refractivity contribution in [2.24, 2.45) is 12.0 Å². The highest BCUT2D eigenvalue weighted by Crippen LogP contribution is 2.06. The molecule has 0 aliphatic rings. The number of nitrogens with one attached hydrogen (secondary N) is 3.